The fraction of sp³-hybridized carbons (Fsp3) is 0.286. The van der Waals surface area contributed by atoms with Gasteiger partial charge in [0.25, 0.3) is 0 Å². The van der Waals surface area contributed by atoms with Gasteiger partial charge in [-0.05, 0) is 24.0 Å². The molecule has 4 nitrogen and oxygen atoms in total. The van der Waals surface area contributed by atoms with E-state index >= 15 is 0 Å². The van der Waals surface area contributed by atoms with Crippen LogP contribution in [0.25, 0.3) is 0 Å². The van der Waals surface area contributed by atoms with Crippen molar-refractivity contribution in [1.29, 1.82) is 0 Å². The first kappa shape index (κ1) is 12.2. The van der Waals surface area contributed by atoms with Gasteiger partial charge in [-0.15, -0.1) is 11.3 Å². The molecule has 0 atom stereocenters. The Balaban J connectivity index is 1.68. The molecule has 0 aliphatic heterocycles. The molecule has 98 valence electrons. The van der Waals surface area contributed by atoms with Gasteiger partial charge in [0.2, 0.25) is 0 Å². The van der Waals surface area contributed by atoms with Crippen LogP contribution in [-0.2, 0) is 17.6 Å². The van der Waals surface area contributed by atoms with E-state index in [1.807, 2.05) is 0 Å². The van der Waals surface area contributed by atoms with Crippen LogP contribution in [0.15, 0.2) is 29.6 Å². The van der Waals surface area contributed by atoms with Gasteiger partial charge in [0, 0.05) is 11.4 Å². The Kier molecular flexibility index (Phi) is 3.21. The van der Waals surface area contributed by atoms with Crippen LogP contribution in [0.1, 0.15) is 21.6 Å². The van der Waals surface area contributed by atoms with Crippen molar-refractivity contribution in [3.8, 4) is 0 Å². The lowest BCUT2D eigenvalue weighted by Gasteiger charge is -2.09. The molecule has 3 rings (SSSR count). The summed E-state index contributed by atoms with van der Waals surface area (Å²) < 4.78 is 4.65. The largest absolute Gasteiger partial charge is 0.464 e. The van der Waals surface area contributed by atoms with Crippen molar-refractivity contribution in [2.24, 2.45) is 0 Å². The van der Waals surface area contributed by atoms with Crippen molar-refractivity contribution >= 4 is 22.4 Å². The summed E-state index contributed by atoms with van der Waals surface area (Å²) in [6.07, 6.45) is 2.01. The average Bonchev–Trinajstić information content (AvgIpc) is 3.04. The van der Waals surface area contributed by atoms with E-state index in [0.29, 0.717) is 11.7 Å². The average molecular weight is 274 g/mol. The summed E-state index contributed by atoms with van der Waals surface area (Å²) in [5.41, 5.74) is 3.15. The minimum Gasteiger partial charge on any atom is -0.464 e. The van der Waals surface area contributed by atoms with E-state index in [4.69, 9.17) is 0 Å². The molecule has 0 spiro atoms. The topological polar surface area (TPSA) is 51.2 Å². The zero-order valence-corrected chi connectivity index (χ0v) is 11.4. The summed E-state index contributed by atoms with van der Waals surface area (Å²) in [6, 6.07) is 8.83. The van der Waals surface area contributed by atoms with Crippen molar-refractivity contribution in [3.63, 3.8) is 0 Å². The van der Waals surface area contributed by atoms with Gasteiger partial charge in [0.05, 0.1) is 7.11 Å². The quantitative estimate of drug-likeness (QED) is 0.874. The number of esters is 1. The number of hydrogen-bond acceptors (Lipinski definition) is 5. The molecule has 19 heavy (non-hydrogen) atoms. The van der Waals surface area contributed by atoms with E-state index in [-0.39, 0.29) is 5.97 Å². The van der Waals surface area contributed by atoms with Gasteiger partial charge in [0.1, 0.15) is 0 Å². The van der Waals surface area contributed by atoms with Crippen LogP contribution in [-0.4, -0.2) is 24.1 Å². The number of fused-ring (bicyclic) bond motifs is 1. The molecule has 0 saturated carbocycles. The molecule has 5 heteroatoms. The standard InChI is InChI=1S/C14H14N2O2S/c1-18-13(17)12-8-19-14(16-12)15-11-6-9-4-2-3-5-10(9)7-11/h2-5,8,11H,6-7H2,1H3,(H,15,16). The number of carbonyl (C=O) groups is 1. The maximum absolute atomic E-state index is 11.3. The molecule has 1 aliphatic rings. The Hall–Kier alpha value is -1.88. The van der Waals surface area contributed by atoms with E-state index in [2.05, 4.69) is 39.3 Å². The van der Waals surface area contributed by atoms with Gasteiger partial charge >= 0.3 is 5.97 Å². The minimum atomic E-state index is -0.390. The van der Waals surface area contributed by atoms with E-state index < -0.39 is 0 Å². The van der Waals surface area contributed by atoms with Gasteiger partial charge < -0.3 is 10.1 Å². The molecular formula is C14H14N2O2S. The fourth-order valence-corrected chi connectivity index (χ4v) is 3.13. The Morgan fingerprint density at radius 2 is 2.05 bits per heavy atom. The Bertz CT molecular complexity index is 584. The fourth-order valence-electron chi connectivity index (χ4n) is 2.37. The number of methoxy groups -OCH3 is 1. The molecule has 0 unspecified atom stereocenters. The number of thiazole rings is 1. The molecule has 0 saturated heterocycles. The number of hydrogen-bond donors (Lipinski definition) is 1. The van der Waals surface area contributed by atoms with Crippen LogP contribution in [0.5, 0.6) is 0 Å². The number of aromatic nitrogens is 1. The molecule has 0 fully saturated rings. The van der Waals surface area contributed by atoms with Crippen LogP contribution < -0.4 is 5.32 Å². The summed E-state index contributed by atoms with van der Waals surface area (Å²) in [5, 5.41) is 5.88. The highest BCUT2D eigenvalue weighted by Crippen LogP contribution is 2.25. The van der Waals surface area contributed by atoms with E-state index in [1.165, 1.54) is 29.6 Å². The second-order valence-electron chi connectivity index (χ2n) is 4.55. The van der Waals surface area contributed by atoms with Crippen LogP contribution >= 0.6 is 11.3 Å². The van der Waals surface area contributed by atoms with Gasteiger partial charge in [-0.1, -0.05) is 24.3 Å². The van der Waals surface area contributed by atoms with Crippen LogP contribution in [0, 0.1) is 0 Å². The number of nitrogens with zero attached hydrogens (tertiary/aromatic N) is 1. The van der Waals surface area contributed by atoms with Crippen LogP contribution in [0.2, 0.25) is 0 Å². The van der Waals surface area contributed by atoms with E-state index in [1.54, 1.807) is 5.38 Å². The van der Waals surface area contributed by atoms with E-state index in [9.17, 15) is 4.79 Å². The number of rotatable bonds is 3. The monoisotopic (exact) mass is 274 g/mol. The number of carbonyl (C=O) groups excluding carboxylic acids is 1. The van der Waals surface area contributed by atoms with Crippen LogP contribution in [0.3, 0.4) is 0 Å². The highest BCUT2D eigenvalue weighted by Gasteiger charge is 2.22. The molecule has 1 aliphatic carbocycles. The first-order chi connectivity index (χ1) is 9.26. The lowest BCUT2D eigenvalue weighted by molar-refractivity contribution is 0.0595. The maximum Gasteiger partial charge on any atom is 0.357 e. The molecule has 1 aromatic carbocycles. The molecule has 0 radical (unpaired) electrons. The normalized spacial score (nSPS) is 14.2. The predicted molar refractivity (Wildman–Crippen MR) is 74.7 cm³/mol. The van der Waals surface area contributed by atoms with Gasteiger partial charge in [-0.25, -0.2) is 9.78 Å². The predicted octanol–water partition coefficient (Wildman–Crippen LogP) is 2.51. The third-order valence-corrected chi connectivity index (χ3v) is 4.05. The third kappa shape index (κ3) is 2.46. The first-order valence-electron chi connectivity index (χ1n) is 6.13. The Morgan fingerprint density at radius 3 is 2.68 bits per heavy atom. The first-order valence-corrected chi connectivity index (χ1v) is 7.01. The minimum absolute atomic E-state index is 0.356. The summed E-state index contributed by atoms with van der Waals surface area (Å²) in [5.74, 6) is -0.390. The van der Waals surface area contributed by atoms with Gasteiger partial charge in [-0.2, -0.15) is 0 Å². The summed E-state index contributed by atoms with van der Waals surface area (Å²) in [7, 11) is 1.36. The number of anilines is 1. The Morgan fingerprint density at radius 1 is 1.37 bits per heavy atom. The van der Waals surface area contributed by atoms with Gasteiger partial charge in [-0.3, -0.25) is 0 Å². The highest BCUT2D eigenvalue weighted by molar-refractivity contribution is 7.13. The third-order valence-electron chi connectivity index (χ3n) is 3.28. The SMILES string of the molecule is COC(=O)c1csc(NC2Cc3ccccc3C2)n1. The molecule has 0 amide bonds. The second kappa shape index (κ2) is 5.01. The van der Waals surface area contributed by atoms with E-state index in [0.717, 1.165) is 18.0 Å². The molecule has 1 heterocycles. The molecule has 0 bridgehead atoms. The van der Waals surface area contributed by atoms with Gasteiger partial charge in [0.15, 0.2) is 10.8 Å². The molecule has 1 aromatic heterocycles. The van der Waals surface area contributed by atoms with Crippen molar-refractivity contribution in [3.05, 3.63) is 46.5 Å². The van der Waals surface area contributed by atoms with Crippen LogP contribution in [0.4, 0.5) is 5.13 Å². The van der Waals surface area contributed by atoms with Crippen molar-refractivity contribution in [2.75, 3.05) is 12.4 Å². The summed E-state index contributed by atoms with van der Waals surface area (Å²) in [4.78, 5) is 15.6. The van der Waals surface area contributed by atoms with Crippen molar-refractivity contribution < 1.29 is 9.53 Å². The number of ether oxygens (including phenoxy) is 1. The zero-order valence-electron chi connectivity index (χ0n) is 10.6. The second-order valence-corrected chi connectivity index (χ2v) is 5.41. The molecule has 2 aromatic rings. The smallest absolute Gasteiger partial charge is 0.357 e. The summed E-state index contributed by atoms with van der Waals surface area (Å²) >= 11 is 1.44. The Labute approximate surface area is 115 Å². The highest BCUT2D eigenvalue weighted by atomic mass is 32.1. The molecule has 1 N–H and O–H groups in total. The van der Waals surface area contributed by atoms with Crippen molar-refractivity contribution in [2.45, 2.75) is 18.9 Å². The lowest BCUT2D eigenvalue weighted by Crippen LogP contribution is -2.19. The zero-order chi connectivity index (χ0) is 13.2. The summed E-state index contributed by atoms with van der Waals surface area (Å²) in [6.45, 7) is 0. The molecular weight excluding hydrogens is 260 g/mol. The number of nitrogens with one attached hydrogen (secondary N) is 1. The number of benzene rings is 1. The maximum atomic E-state index is 11.3. The van der Waals surface area contributed by atoms with Crippen molar-refractivity contribution in [1.82, 2.24) is 4.98 Å². The lowest BCUT2D eigenvalue weighted by atomic mass is 10.1.